The maximum Gasteiger partial charge on any atom is 0.264 e. The van der Waals surface area contributed by atoms with Crippen molar-refractivity contribution in [3.05, 3.63) is 0 Å². The van der Waals surface area contributed by atoms with Gasteiger partial charge in [0.25, 0.3) is 10.1 Å². The highest BCUT2D eigenvalue weighted by atomic mass is 32.2. The standard InChI is InChI=1S/C4H9NO.C3H8O3S/c1-2-3-4-5-6;1-2-3-7(4,5)6/h4,6H,2-3H2,1H3;2-3H2,1H3,(H,4,5,6). The van der Waals surface area contributed by atoms with Crippen LogP contribution in [0.2, 0.25) is 0 Å². The van der Waals surface area contributed by atoms with Gasteiger partial charge in [-0.25, -0.2) is 0 Å². The molecule has 0 saturated heterocycles. The number of rotatable bonds is 4. The fraction of sp³-hybridized carbons (Fsp3) is 0.857. The molecule has 0 aromatic rings. The molecule has 0 atom stereocenters. The summed E-state index contributed by atoms with van der Waals surface area (Å²) in [5.41, 5.74) is 0. The van der Waals surface area contributed by atoms with Crippen molar-refractivity contribution in [1.82, 2.24) is 0 Å². The van der Waals surface area contributed by atoms with E-state index in [2.05, 4.69) is 5.16 Å². The number of hydrogen-bond acceptors (Lipinski definition) is 4. The second-order valence-corrected chi connectivity index (χ2v) is 3.94. The minimum atomic E-state index is -3.67. The lowest BCUT2D eigenvalue weighted by Gasteiger charge is -1.85. The molecule has 0 aliphatic heterocycles. The molecule has 80 valence electrons. The van der Waals surface area contributed by atoms with Crippen LogP contribution in [0.25, 0.3) is 0 Å². The van der Waals surface area contributed by atoms with Gasteiger partial charge in [0.2, 0.25) is 0 Å². The molecule has 0 bridgehead atoms. The van der Waals surface area contributed by atoms with Crippen LogP contribution in [0, 0.1) is 0 Å². The van der Waals surface area contributed by atoms with Crippen molar-refractivity contribution in [2.75, 3.05) is 5.75 Å². The molecule has 0 aliphatic rings. The summed E-state index contributed by atoms with van der Waals surface area (Å²) >= 11 is 0. The summed E-state index contributed by atoms with van der Waals surface area (Å²) in [6.45, 7) is 3.72. The van der Waals surface area contributed by atoms with E-state index < -0.39 is 10.1 Å². The third kappa shape index (κ3) is 24.6. The van der Waals surface area contributed by atoms with E-state index in [4.69, 9.17) is 9.76 Å². The third-order valence-corrected chi connectivity index (χ3v) is 1.89. The predicted molar refractivity (Wildman–Crippen MR) is 51.9 cm³/mol. The average molecular weight is 211 g/mol. The smallest absolute Gasteiger partial charge is 0.264 e. The van der Waals surface area contributed by atoms with Crippen molar-refractivity contribution < 1.29 is 18.2 Å². The first-order valence-corrected chi connectivity index (χ1v) is 5.69. The van der Waals surface area contributed by atoms with E-state index in [0.29, 0.717) is 6.42 Å². The molecule has 0 saturated carbocycles. The Morgan fingerprint density at radius 3 is 1.92 bits per heavy atom. The van der Waals surface area contributed by atoms with Crippen LogP contribution >= 0.6 is 0 Å². The molecular formula is C7H17NO4S. The van der Waals surface area contributed by atoms with Gasteiger partial charge in [-0.1, -0.05) is 20.3 Å². The monoisotopic (exact) mass is 211 g/mol. The SMILES string of the molecule is CCCC=NO.CCCS(=O)(=O)O. The van der Waals surface area contributed by atoms with Crippen molar-refractivity contribution in [1.29, 1.82) is 0 Å². The fourth-order valence-electron chi connectivity index (χ4n) is 0.445. The van der Waals surface area contributed by atoms with Crippen LogP contribution in [0.1, 0.15) is 33.1 Å². The van der Waals surface area contributed by atoms with Gasteiger partial charge in [-0.2, -0.15) is 8.42 Å². The van der Waals surface area contributed by atoms with Crippen LogP contribution in [0.4, 0.5) is 0 Å². The van der Waals surface area contributed by atoms with Crippen molar-refractivity contribution in [3.8, 4) is 0 Å². The zero-order valence-corrected chi connectivity index (χ0v) is 8.79. The Hall–Kier alpha value is -0.620. The molecule has 5 nitrogen and oxygen atoms in total. The molecule has 0 heterocycles. The average Bonchev–Trinajstić information content (AvgIpc) is 1.99. The van der Waals surface area contributed by atoms with Gasteiger partial charge in [0.05, 0.1) is 5.75 Å². The summed E-state index contributed by atoms with van der Waals surface area (Å²) in [5.74, 6) is -0.132. The quantitative estimate of drug-likeness (QED) is 0.319. The fourth-order valence-corrected chi connectivity index (χ4v) is 0.961. The van der Waals surface area contributed by atoms with E-state index in [-0.39, 0.29) is 5.75 Å². The first-order chi connectivity index (χ1) is 5.97. The molecule has 6 heteroatoms. The second-order valence-electron chi connectivity index (χ2n) is 2.37. The summed E-state index contributed by atoms with van der Waals surface area (Å²) in [5, 5.41) is 10.6. The molecule has 0 rings (SSSR count). The van der Waals surface area contributed by atoms with Crippen molar-refractivity contribution in [2.45, 2.75) is 33.1 Å². The Kier molecular flexibility index (Phi) is 10.8. The Balaban J connectivity index is 0. The summed E-state index contributed by atoms with van der Waals surface area (Å²) < 4.78 is 27.6. The first-order valence-electron chi connectivity index (χ1n) is 4.09. The Morgan fingerprint density at radius 2 is 1.85 bits per heavy atom. The van der Waals surface area contributed by atoms with E-state index in [1.165, 1.54) is 6.21 Å². The molecule has 0 unspecified atom stereocenters. The molecule has 2 N–H and O–H groups in total. The summed E-state index contributed by atoms with van der Waals surface area (Å²) in [6, 6.07) is 0. The molecular weight excluding hydrogens is 194 g/mol. The zero-order chi connectivity index (χ0) is 10.7. The molecule has 0 spiro atoms. The molecule has 0 fully saturated rings. The third-order valence-electron chi connectivity index (χ3n) is 0.962. The highest BCUT2D eigenvalue weighted by Crippen LogP contribution is 1.83. The minimum Gasteiger partial charge on any atom is -0.411 e. The maximum atomic E-state index is 9.79. The van der Waals surface area contributed by atoms with Crippen LogP contribution in [0.15, 0.2) is 5.16 Å². The molecule has 0 radical (unpaired) electrons. The topological polar surface area (TPSA) is 87.0 Å². The number of oxime groups is 1. The molecule has 0 aromatic carbocycles. The largest absolute Gasteiger partial charge is 0.411 e. The molecule has 0 aromatic heterocycles. The van der Waals surface area contributed by atoms with Gasteiger partial charge in [0, 0.05) is 6.21 Å². The zero-order valence-electron chi connectivity index (χ0n) is 7.97. The van der Waals surface area contributed by atoms with Crippen LogP contribution in [-0.2, 0) is 10.1 Å². The van der Waals surface area contributed by atoms with Crippen LogP contribution in [0.5, 0.6) is 0 Å². The molecule has 0 amide bonds. The highest BCUT2D eigenvalue weighted by Gasteiger charge is 1.98. The van der Waals surface area contributed by atoms with Crippen molar-refractivity contribution >= 4 is 16.3 Å². The van der Waals surface area contributed by atoms with E-state index in [1.54, 1.807) is 6.92 Å². The van der Waals surface area contributed by atoms with Crippen molar-refractivity contribution in [2.24, 2.45) is 5.16 Å². The number of nitrogens with zero attached hydrogens (tertiary/aromatic N) is 1. The molecule has 0 aliphatic carbocycles. The van der Waals surface area contributed by atoms with E-state index in [0.717, 1.165) is 12.8 Å². The Bertz CT molecular complexity index is 211. The molecule has 13 heavy (non-hydrogen) atoms. The van der Waals surface area contributed by atoms with Crippen molar-refractivity contribution in [3.63, 3.8) is 0 Å². The summed E-state index contributed by atoms with van der Waals surface area (Å²) in [7, 11) is -3.67. The summed E-state index contributed by atoms with van der Waals surface area (Å²) in [4.78, 5) is 0. The van der Waals surface area contributed by atoms with E-state index >= 15 is 0 Å². The van der Waals surface area contributed by atoms with Gasteiger partial charge in [-0.15, -0.1) is 5.16 Å². The number of unbranched alkanes of at least 4 members (excludes halogenated alkanes) is 1. The first kappa shape index (κ1) is 14.9. The predicted octanol–water partition coefficient (Wildman–Crippen LogP) is 1.53. The Morgan fingerprint density at radius 1 is 1.31 bits per heavy atom. The number of hydrogen-bond donors (Lipinski definition) is 2. The van der Waals surface area contributed by atoms with Crippen LogP contribution < -0.4 is 0 Å². The van der Waals surface area contributed by atoms with E-state index in [9.17, 15) is 8.42 Å². The van der Waals surface area contributed by atoms with Crippen LogP contribution in [-0.4, -0.2) is 30.1 Å². The summed E-state index contributed by atoms with van der Waals surface area (Å²) in [6.07, 6.45) is 3.87. The lowest BCUT2D eigenvalue weighted by atomic mass is 10.4. The lowest BCUT2D eigenvalue weighted by Crippen LogP contribution is -2.01. The van der Waals surface area contributed by atoms with Crippen LogP contribution in [0.3, 0.4) is 0 Å². The van der Waals surface area contributed by atoms with Gasteiger partial charge in [-0.3, -0.25) is 4.55 Å². The van der Waals surface area contributed by atoms with Gasteiger partial charge in [0.15, 0.2) is 0 Å². The van der Waals surface area contributed by atoms with Gasteiger partial charge < -0.3 is 5.21 Å². The lowest BCUT2D eigenvalue weighted by molar-refractivity contribution is 0.320. The Labute approximate surface area is 79.2 Å². The second kappa shape index (κ2) is 9.47. The van der Waals surface area contributed by atoms with Gasteiger partial charge in [-0.05, 0) is 12.8 Å². The van der Waals surface area contributed by atoms with E-state index in [1.807, 2.05) is 6.92 Å². The minimum absolute atomic E-state index is 0.132. The highest BCUT2D eigenvalue weighted by molar-refractivity contribution is 7.85. The maximum absolute atomic E-state index is 9.79. The van der Waals surface area contributed by atoms with Gasteiger partial charge in [0.1, 0.15) is 0 Å². The van der Waals surface area contributed by atoms with Gasteiger partial charge >= 0.3 is 0 Å². The normalized spacial score (nSPS) is 11.0.